The minimum absolute atomic E-state index is 0.262. The second kappa shape index (κ2) is 4.31. The molecule has 0 aliphatic carbocycles. The van der Waals surface area contributed by atoms with Gasteiger partial charge in [-0.3, -0.25) is 0 Å². The highest BCUT2D eigenvalue weighted by atomic mass is 127. The molecule has 54 valence electrons. The Morgan fingerprint density at radius 3 is 2.67 bits per heavy atom. The molecule has 0 nitrogen and oxygen atoms in total. The molecular formula is C8H15I. The number of alkyl halides is 1. The van der Waals surface area contributed by atoms with Gasteiger partial charge in [0.25, 0.3) is 0 Å². The first-order chi connectivity index (χ1) is 4.81. The largest absolute Gasteiger partial charge is 0.103 e. The van der Waals surface area contributed by atoms with E-state index in [2.05, 4.69) is 6.58 Å². The third-order valence-electron chi connectivity index (χ3n) is 1.23. The van der Waals surface area contributed by atoms with Crippen LogP contribution in [0.3, 0.4) is 0 Å². The first-order valence-corrected chi connectivity index (χ1v) is 4.19. The van der Waals surface area contributed by atoms with Crippen LogP contribution in [-0.4, -0.2) is 4.38 Å². The van der Waals surface area contributed by atoms with Crippen LogP contribution in [0.5, 0.6) is 0 Å². The third-order valence-corrected chi connectivity index (χ3v) is 2.69. The van der Waals surface area contributed by atoms with Crippen molar-refractivity contribution in [1.29, 1.82) is 0 Å². The Balaban J connectivity index is 4.10. The molecule has 0 bridgehead atoms. The smallest absolute Gasteiger partial charge is 0.0383 e. The van der Waals surface area contributed by atoms with Gasteiger partial charge in [-0.2, -0.15) is 0 Å². The van der Waals surface area contributed by atoms with Gasteiger partial charge in [-0.1, -0.05) is 42.5 Å². The number of hydrogen-bond donors (Lipinski definition) is 0. The lowest BCUT2D eigenvalue weighted by Crippen LogP contribution is -2.11. The van der Waals surface area contributed by atoms with Gasteiger partial charge in [0, 0.05) is 7.12 Å². The van der Waals surface area contributed by atoms with E-state index in [9.17, 15) is 0 Å². The summed E-state index contributed by atoms with van der Waals surface area (Å²) in [5.74, 6) is 0. The Morgan fingerprint density at radius 1 is 1.78 bits per heavy atom. The van der Waals surface area contributed by atoms with Crippen molar-refractivity contribution in [1.82, 2.24) is 0 Å². The van der Waals surface area contributed by atoms with Gasteiger partial charge in [-0.15, -0.1) is 6.58 Å². The highest BCUT2D eigenvalue weighted by molar-refractivity contribution is 14.1. The molecule has 0 saturated carbocycles. The number of halogens is 1. The van der Waals surface area contributed by atoms with Crippen molar-refractivity contribution in [3.05, 3.63) is 12.7 Å². The maximum Gasteiger partial charge on any atom is 0.0383 e. The zero-order valence-electron chi connectivity index (χ0n) is 8.08. The minimum Gasteiger partial charge on any atom is -0.103 e. The van der Waals surface area contributed by atoms with Gasteiger partial charge in [-0.05, 0) is 18.3 Å². The second-order valence-corrected chi connectivity index (χ2v) is 3.35. The molecule has 0 aliphatic heterocycles. The first-order valence-electron chi connectivity index (χ1n) is 4.11. The Morgan fingerprint density at radius 2 is 2.33 bits per heavy atom. The molecule has 0 rings (SSSR count). The summed E-state index contributed by atoms with van der Waals surface area (Å²) >= 11 is 1.86. The van der Waals surface area contributed by atoms with Crippen LogP contribution in [0.1, 0.15) is 29.4 Å². The summed E-state index contributed by atoms with van der Waals surface area (Å²) in [7, 11) is 0. The maximum absolute atomic E-state index is 7.53. The fraction of sp³-hybridized carbons (Fsp3) is 0.750. The Kier molecular flexibility index (Phi) is 2.97. The van der Waals surface area contributed by atoms with Crippen LogP contribution >= 0.6 is 22.6 Å². The Labute approximate surface area is 74.7 Å². The van der Waals surface area contributed by atoms with Crippen molar-refractivity contribution in [2.24, 2.45) is 5.41 Å². The van der Waals surface area contributed by atoms with Crippen LogP contribution in [0.2, 0.25) is 0 Å². The van der Waals surface area contributed by atoms with Crippen LogP contribution in [0.4, 0.5) is 0 Å². The summed E-state index contributed by atoms with van der Waals surface area (Å²) in [6.07, 6.45) is 3.58. The lowest BCUT2D eigenvalue weighted by molar-refractivity contribution is 0.398. The van der Waals surface area contributed by atoms with E-state index in [-0.39, 0.29) is 5.41 Å². The molecule has 0 fully saturated rings. The van der Waals surface area contributed by atoms with Crippen molar-refractivity contribution in [3.8, 4) is 0 Å². The summed E-state index contributed by atoms with van der Waals surface area (Å²) < 4.78 is 13.9. The summed E-state index contributed by atoms with van der Waals surface area (Å²) in [6.45, 7) is 7.52. The molecular weight excluding hydrogens is 223 g/mol. The van der Waals surface area contributed by atoms with E-state index in [4.69, 9.17) is 2.74 Å². The predicted molar refractivity (Wildman–Crippen MR) is 52.1 cm³/mol. The summed E-state index contributed by atoms with van der Waals surface area (Å²) in [4.78, 5) is 0. The van der Waals surface area contributed by atoms with Crippen molar-refractivity contribution < 1.29 is 2.74 Å². The monoisotopic (exact) mass is 240 g/mol. The standard InChI is InChI=1S/C8H15I/c1-4-5-6-8(2,3)7-9/h4H,1,5-7H2,2-3H3/i7D2. The topological polar surface area (TPSA) is 0 Å². The molecule has 0 radical (unpaired) electrons. The maximum atomic E-state index is 7.53. The number of hydrogen-bond acceptors (Lipinski definition) is 0. The minimum atomic E-state index is -1.13. The van der Waals surface area contributed by atoms with E-state index >= 15 is 0 Å². The van der Waals surface area contributed by atoms with Gasteiger partial charge in [0.15, 0.2) is 0 Å². The second-order valence-electron chi connectivity index (χ2n) is 2.81. The van der Waals surface area contributed by atoms with Crippen molar-refractivity contribution >= 4 is 22.6 Å². The molecule has 0 aromatic rings. The Hall–Kier alpha value is 0.470. The van der Waals surface area contributed by atoms with Crippen LogP contribution in [-0.2, 0) is 0 Å². The van der Waals surface area contributed by atoms with Crippen molar-refractivity contribution in [2.45, 2.75) is 26.7 Å². The first kappa shape index (κ1) is 6.20. The molecule has 0 spiro atoms. The normalized spacial score (nSPS) is 16.3. The van der Waals surface area contributed by atoms with E-state index in [1.165, 1.54) is 0 Å². The predicted octanol–water partition coefficient (Wildman–Crippen LogP) is 3.41. The van der Waals surface area contributed by atoms with Crippen LogP contribution in [0.25, 0.3) is 0 Å². The van der Waals surface area contributed by atoms with E-state index in [0.29, 0.717) is 0 Å². The average molecular weight is 240 g/mol. The summed E-state index contributed by atoms with van der Waals surface area (Å²) in [5.41, 5.74) is -0.262. The molecule has 0 atom stereocenters. The molecule has 0 heterocycles. The molecule has 9 heavy (non-hydrogen) atoms. The molecule has 0 aromatic heterocycles. The van der Waals surface area contributed by atoms with E-state index in [1.807, 2.05) is 42.5 Å². The van der Waals surface area contributed by atoms with Gasteiger partial charge < -0.3 is 0 Å². The molecule has 0 unspecified atom stereocenters. The van der Waals surface area contributed by atoms with Gasteiger partial charge in [0.1, 0.15) is 0 Å². The SMILES string of the molecule is [2H]C([2H])(I)C(C)(C)CCC=C. The average Bonchev–Trinajstić information content (AvgIpc) is 1.81. The lowest BCUT2D eigenvalue weighted by atomic mass is 9.91. The molecule has 0 saturated heterocycles. The van der Waals surface area contributed by atoms with Gasteiger partial charge in [-0.25, -0.2) is 0 Å². The molecule has 0 N–H and O–H groups in total. The molecule has 0 amide bonds. The van der Waals surface area contributed by atoms with Crippen LogP contribution < -0.4 is 0 Å². The van der Waals surface area contributed by atoms with Gasteiger partial charge in [0.05, 0.1) is 0 Å². The summed E-state index contributed by atoms with van der Waals surface area (Å²) in [6, 6.07) is 0. The fourth-order valence-corrected chi connectivity index (χ4v) is 0.780. The van der Waals surface area contributed by atoms with Gasteiger partial charge >= 0.3 is 0 Å². The quantitative estimate of drug-likeness (QED) is 0.401. The number of allylic oxidation sites excluding steroid dienone is 1. The van der Waals surface area contributed by atoms with E-state index in [0.717, 1.165) is 12.8 Å². The van der Waals surface area contributed by atoms with Crippen LogP contribution in [0, 0.1) is 5.41 Å². The van der Waals surface area contributed by atoms with Crippen LogP contribution in [0.15, 0.2) is 12.7 Å². The highest BCUT2D eigenvalue weighted by Gasteiger charge is 2.13. The third kappa shape index (κ3) is 4.94. The molecule has 1 heteroatoms. The summed E-state index contributed by atoms with van der Waals surface area (Å²) in [5, 5.41) is 0. The van der Waals surface area contributed by atoms with E-state index < -0.39 is 4.38 Å². The van der Waals surface area contributed by atoms with Crippen molar-refractivity contribution in [3.63, 3.8) is 0 Å². The van der Waals surface area contributed by atoms with Crippen molar-refractivity contribution in [2.75, 3.05) is 4.38 Å². The fourth-order valence-electron chi connectivity index (χ4n) is 0.510. The van der Waals surface area contributed by atoms with Gasteiger partial charge in [0.2, 0.25) is 0 Å². The lowest BCUT2D eigenvalue weighted by Gasteiger charge is -2.19. The molecule has 0 aliphatic rings. The Bertz CT molecular complexity index is 136. The molecule has 0 aromatic carbocycles. The highest BCUT2D eigenvalue weighted by Crippen LogP contribution is 2.24. The zero-order valence-corrected chi connectivity index (χ0v) is 8.23. The van der Waals surface area contributed by atoms with E-state index in [1.54, 1.807) is 0 Å². The number of rotatable bonds is 4. The zero-order chi connectivity index (χ0) is 9.12.